The molecule has 0 aliphatic heterocycles. The Morgan fingerprint density at radius 3 is 2.38 bits per heavy atom. The van der Waals surface area contributed by atoms with E-state index in [1.807, 2.05) is 0 Å². The van der Waals surface area contributed by atoms with Crippen molar-refractivity contribution in [2.45, 2.75) is 12.8 Å². The van der Waals surface area contributed by atoms with E-state index in [1.54, 1.807) is 24.3 Å². The van der Waals surface area contributed by atoms with Crippen molar-refractivity contribution in [2.24, 2.45) is 0 Å². The first-order valence-corrected chi connectivity index (χ1v) is 5.41. The van der Waals surface area contributed by atoms with Gasteiger partial charge in [-0.3, -0.25) is 9.59 Å². The first-order valence-electron chi connectivity index (χ1n) is 4.62. The zero-order chi connectivity index (χ0) is 12.1. The average Bonchev–Trinajstić information content (AvgIpc) is 2.20. The van der Waals surface area contributed by atoms with Crippen molar-refractivity contribution >= 4 is 27.9 Å². The summed E-state index contributed by atoms with van der Waals surface area (Å²) < 4.78 is 5.59. The van der Waals surface area contributed by atoms with E-state index >= 15 is 0 Å². The van der Waals surface area contributed by atoms with Crippen LogP contribution >= 0.6 is 15.9 Å². The van der Waals surface area contributed by atoms with E-state index < -0.39 is 17.9 Å². The molecular weight excluding hydrogens is 276 g/mol. The Kier molecular flexibility index (Phi) is 4.49. The van der Waals surface area contributed by atoms with Gasteiger partial charge in [0.15, 0.2) is 0 Å². The van der Waals surface area contributed by atoms with E-state index in [0.29, 0.717) is 5.56 Å². The van der Waals surface area contributed by atoms with Gasteiger partial charge in [-0.1, -0.05) is 28.1 Å². The summed E-state index contributed by atoms with van der Waals surface area (Å²) >= 11 is 3.26. The number of carboxylic acid groups (broad SMARTS) is 1. The van der Waals surface area contributed by atoms with Crippen molar-refractivity contribution in [1.29, 1.82) is 0 Å². The number of rotatable bonds is 4. The van der Waals surface area contributed by atoms with Crippen LogP contribution in [0.2, 0.25) is 0 Å². The Labute approximate surface area is 101 Å². The third-order valence-electron chi connectivity index (χ3n) is 2.02. The predicted octanol–water partition coefficient (Wildman–Crippen LogP) is 2.18. The topological polar surface area (TPSA) is 63.6 Å². The molecule has 0 aliphatic carbocycles. The molecule has 1 aromatic rings. The van der Waals surface area contributed by atoms with Crippen LogP contribution < -0.4 is 0 Å². The van der Waals surface area contributed by atoms with E-state index in [2.05, 4.69) is 15.9 Å². The number of carboxylic acids is 1. The lowest BCUT2D eigenvalue weighted by Crippen LogP contribution is -2.19. The highest BCUT2D eigenvalue weighted by Gasteiger charge is 2.21. The highest BCUT2D eigenvalue weighted by molar-refractivity contribution is 9.10. The monoisotopic (exact) mass is 286 g/mol. The molecule has 0 bridgehead atoms. The van der Waals surface area contributed by atoms with Crippen LogP contribution in [0.15, 0.2) is 28.7 Å². The van der Waals surface area contributed by atoms with E-state index in [-0.39, 0.29) is 6.61 Å². The molecule has 1 rings (SSSR count). The minimum absolute atomic E-state index is 0.147. The van der Waals surface area contributed by atoms with Crippen molar-refractivity contribution < 1.29 is 19.4 Å². The Morgan fingerprint density at radius 2 is 1.94 bits per heavy atom. The molecule has 5 heteroatoms. The number of hydrogen-bond acceptors (Lipinski definition) is 3. The maximum Gasteiger partial charge on any atom is 0.314 e. The molecule has 1 N–H and O–H groups in total. The van der Waals surface area contributed by atoms with E-state index in [4.69, 9.17) is 9.84 Å². The SMILES string of the molecule is CC(=O)OC[C@@H](C(=O)O)c1ccc(Br)cc1. The lowest BCUT2D eigenvalue weighted by molar-refractivity contribution is -0.146. The molecule has 16 heavy (non-hydrogen) atoms. The zero-order valence-corrected chi connectivity index (χ0v) is 10.2. The van der Waals surface area contributed by atoms with Crippen molar-refractivity contribution in [3.63, 3.8) is 0 Å². The second-order valence-electron chi connectivity index (χ2n) is 3.24. The number of hydrogen-bond donors (Lipinski definition) is 1. The summed E-state index contributed by atoms with van der Waals surface area (Å²) in [5, 5.41) is 9.01. The molecular formula is C11H11BrO4. The summed E-state index contributed by atoms with van der Waals surface area (Å²) in [6, 6.07) is 6.87. The smallest absolute Gasteiger partial charge is 0.314 e. The van der Waals surface area contributed by atoms with Crippen molar-refractivity contribution in [3.05, 3.63) is 34.3 Å². The number of aliphatic carboxylic acids is 1. The number of carbonyl (C=O) groups is 2. The van der Waals surface area contributed by atoms with E-state index in [0.717, 1.165) is 4.47 Å². The molecule has 0 unspecified atom stereocenters. The maximum absolute atomic E-state index is 11.0. The summed E-state index contributed by atoms with van der Waals surface area (Å²) in [7, 11) is 0. The largest absolute Gasteiger partial charge is 0.481 e. The van der Waals surface area contributed by atoms with Gasteiger partial charge in [0.2, 0.25) is 0 Å². The molecule has 0 aromatic heterocycles. The fraction of sp³-hybridized carbons (Fsp3) is 0.273. The lowest BCUT2D eigenvalue weighted by atomic mass is 10.0. The molecule has 0 saturated heterocycles. The van der Waals surface area contributed by atoms with Gasteiger partial charge in [0.05, 0.1) is 0 Å². The molecule has 1 atom stereocenters. The van der Waals surface area contributed by atoms with E-state index in [9.17, 15) is 9.59 Å². The summed E-state index contributed by atoms with van der Waals surface area (Å²) in [6.45, 7) is 1.10. The molecule has 0 radical (unpaired) electrons. The van der Waals surface area contributed by atoms with Gasteiger partial charge >= 0.3 is 11.9 Å². The van der Waals surface area contributed by atoms with Gasteiger partial charge < -0.3 is 9.84 Å². The van der Waals surface area contributed by atoms with Gasteiger partial charge in [-0.2, -0.15) is 0 Å². The lowest BCUT2D eigenvalue weighted by Gasteiger charge is -2.12. The Bertz CT molecular complexity index is 385. The van der Waals surface area contributed by atoms with Crippen LogP contribution in [0.5, 0.6) is 0 Å². The van der Waals surface area contributed by atoms with Crippen LogP contribution in [-0.4, -0.2) is 23.7 Å². The average molecular weight is 287 g/mol. The van der Waals surface area contributed by atoms with Gasteiger partial charge in [-0.15, -0.1) is 0 Å². The second kappa shape index (κ2) is 5.65. The molecule has 0 fully saturated rings. The van der Waals surface area contributed by atoms with Crippen LogP contribution in [0.3, 0.4) is 0 Å². The van der Waals surface area contributed by atoms with E-state index in [1.165, 1.54) is 6.92 Å². The third-order valence-corrected chi connectivity index (χ3v) is 2.55. The minimum Gasteiger partial charge on any atom is -0.481 e. The van der Waals surface area contributed by atoms with Crippen LogP contribution in [0.1, 0.15) is 18.4 Å². The molecule has 86 valence electrons. The molecule has 0 aliphatic rings. The van der Waals surface area contributed by atoms with Crippen LogP contribution in [0.4, 0.5) is 0 Å². The minimum atomic E-state index is -1.01. The second-order valence-corrected chi connectivity index (χ2v) is 4.16. The maximum atomic E-state index is 11.0. The van der Waals surface area contributed by atoms with Gasteiger partial charge in [0.25, 0.3) is 0 Å². The summed E-state index contributed by atoms with van der Waals surface area (Å²) in [5.41, 5.74) is 0.608. The normalized spacial score (nSPS) is 11.9. The van der Waals surface area contributed by atoms with Crippen LogP contribution in [0.25, 0.3) is 0 Å². The number of benzene rings is 1. The van der Waals surface area contributed by atoms with Gasteiger partial charge in [-0.25, -0.2) is 0 Å². The van der Waals surface area contributed by atoms with Crippen LogP contribution in [0, 0.1) is 0 Å². The molecule has 1 aromatic carbocycles. The predicted molar refractivity (Wildman–Crippen MR) is 61.2 cm³/mol. The standard InChI is InChI=1S/C11H11BrO4/c1-7(13)16-6-10(11(14)15)8-2-4-9(12)5-3-8/h2-5,10H,6H2,1H3,(H,14,15)/t10-/m1/s1. The molecule has 0 amide bonds. The Morgan fingerprint density at radius 1 is 1.38 bits per heavy atom. The fourth-order valence-corrected chi connectivity index (χ4v) is 1.47. The summed E-state index contributed by atoms with van der Waals surface area (Å²) in [4.78, 5) is 21.6. The molecule has 0 heterocycles. The molecule has 0 saturated carbocycles. The first kappa shape index (κ1) is 12.7. The summed E-state index contributed by atoms with van der Waals surface area (Å²) in [5.74, 6) is -2.32. The summed E-state index contributed by atoms with van der Waals surface area (Å²) in [6.07, 6.45) is 0. The Balaban J connectivity index is 2.81. The highest BCUT2D eigenvalue weighted by Crippen LogP contribution is 2.19. The highest BCUT2D eigenvalue weighted by atomic mass is 79.9. The first-order chi connectivity index (χ1) is 7.50. The number of ether oxygens (including phenoxy) is 1. The van der Waals surface area contributed by atoms with Crippen molar-refractivity contribution in [2.75, 3.05) is 6.61 Å². The zero-order valence-electron chi connectivity index (χ0n) is 8.64. The number of esters is 1. The van der Waals surface area contributed by atoms with Crippen molar-refractivity contribution in [1.82, 2.24) is 0 Å². The van der Waals surface area contributed by atoms with Crippen molar-refractivity contribution in [3.8, 4) is 0 Å². The van der Waals surface area contributed by atoms with Gasteiger partial charge in [0, 0.05) is 11.4 Å². The molecule has 4 nitrogen and oxygen atoms in total. The fourth-order valence-electron chi connectivity index (χ4n) is 1.21. The number of carbonyl (C=O) groups excluding carboxylic acids is 1. The molecule has 0 spiro atoms. The third kappa shape index (κ3) is 3.66. The van der Waals surface area contributed by atoms with Crippen LogP contribution in [-0.2, 0) is 14.3 Å². The van der Waals surface area contributed by atoms with Gasteiger partial charge in [-0.05, 0) is 17.7 Å². The Hall–Kier alpha value is -1.36. The number of halogens is 1. The van der Waals surface area contributed by atoms with Gasteiger partial charge in [0.1, 0.15) is 12.5 Å². The quantitative estimate of drug-likeness (QED) is 0.862.